The number of benzene rings is 1. The van der Waals surface area contributed by atoms with Crippen molar-refractivity contribution in [3.05, 3.63) is 58.0 Å². The van der Waals surface area contributed by atoms with Gasteiger partial charge in [-0.2, -0.15) is 4.98 Å². The van der Waals surface area contributed by atoms with E-state index >= 15 is 0 Å². The number of aromatic nitrogens is 2. The molecule has 19 heavy (non-hydrogen) atoms. The highest BCUT2D eigenvalue weighted by Crippen LogP contribution is 2.18. The van der Waals surface area contributed by atoms with Gasteiger partial charge in [0, 0.05) is 6.42 Å². The van der Waals surface area contributed by atoms with Crippen molar-refractivity contribution in [2.75, 3.05) is 0 Å². The summed E-state index contributed by atoms with van der Waals surface area (Å²) in [5.74, 6) is 0.737. The molecule has 3 aromatic rings. The van der Waals surface area contributed by atoms with Crippen molar-refractivity contribution in [3.8, 4) is 0 Å². The van der Waals surface area contributed by atoms with Crippen LogP contribution in [0.25, 0.3) is 11.2 Å². The first-order valence-corrected chi connectivity index (χ1v) is 6.97. The first-order valence-electron chi connectivity index (χ1n) is 6.18. The van der Waals surface area contributed by atoms with Gasteiger partial charge < -0.3 is 4.42 Å². The molecule has 0 saturated heterocycles. The third-order valence-corrected chi connectivity index (χ3v) is 3.45. The lowest BCUT2D eigenvalue weighted by molar-refractivity contribution is 0.528. The third kappa shape index (κ3) is 2.84. The summed E-state index contributed by atoms with van der Waals surface area (Å²) in [6.07, 6.45) is 1.71. The first-order chi connectivity index (χ1) is 9.20. The van der Waals surface area contributed by atoms with Crippen molar-refractivity contribution in [3.63, 3.8) is 0 Å². The Morgan fingerprint density at radius 3 is 2.58 bits per heavy atom. The molecular weight excluding hydrogens is 304 g/mol. The molecule has 0 amide bonds. The summed E-state index contributed by atoms with van der Waals surface area (Å²) in [5, 5.41) is 0. The Balaban J connectivity index is 1.76. The molecule has 0 aliphatic rings. The normalized spacial score (nSPS) is 11.1. The van der Waals surface area contributed by atoms with Gasteiger partial charge in [-0.1, -0.05) is 29.8 Å². The number of hydrogen-bond donors (Lipinski definition) is 0. The van der Waals surface area contributed by atoms with Gasteiger partial charge >= 0.3 is 0 Å². The Labute approximate surface area is 119 Å². The molecule has 4 heteroatoms. The highest BCUT2D eigenvalue weighted by molar-refractivity contribution is 9.10. The molecule has 0 unspecified atom stereocenters. The fraction of sp³-hybridized carbons (Fsp3) is 0.200. The minimum absolute atomic E-state index is 0.660. The molecule has 96 valence electrons. The van der Waals surface area contributed by atoms with Crippen LogP contribution in [-0.2, 0) is 12.8 Å². The highest BCUT2D eigenvalue weighted by Gasteiger charge is 2.07. The Hall–Kier alpha value is -1.68. The predicted octanol–water partition coefficient (Wildman–Crippen LogP) is 4.08. The van der Waals surface area contributed by atoms with Gasteiger partial charge in [-0.05, 0) is 47.0 Å². The maximum atomic E-state index is 5.67. The van der Waals surface area contributed by atoms with Crippen LogP contribution in [0, 0.1) is 6.92 Å². The lowest BCUT2D eigenvalue weighted by atomic mass is 10.1. The van der Waals surface area contributed by atoms with E-state index < -0.39 is 0 Å². The van der Waals surface area contributed by atoms with Crippen LogP contribution >= 0.6 is 15.9 Å². The van der Waals surface area contributed by atoms with Crippen LogP contribution in [0.2, 0.25) is 0 Å². The van der Waals surface area contributed by atoms with Crippen molar-refractivity contribution in [1.29, 1.82) is 0 Å². The zero-order chi connectivity index (χ0) is 13.2. The molecule has 2 heterocycles. The molecule has 0 spiro atoms. The van der Waals surface area contributed by atoms with Crippen molar-refractivity contribution >= 4 is 27.2 Å². The second-order valence-electron chi connectivity index (χ2n) is 4.55. The van der Waals surface area contributed by atoms with Crippen molar-refractivity contribution in [2.24, 2.45) is 0 Å². The molecule has 0 atom stereocenters. The van der Waals surface area contributed by atoms with E-state index in [1.165, 1.54) is 11.1 Å². The monoisotopic (exact) mass is 316 g/mol. The minimum Gasteiger partial charge on any atom is -0.439 e. The van der Waals surface area contributed by atoms with Crippen LogP contribution in [0.4, 0.5) is 0 Å². The van der Waals surface area contributed by atoms with Crippen molar-refractivity contribution in [2.45, 2.75) is 19.8 Å². The predicted molar refractivity (Wildman–Crippen MR) is 78.1 cm³/mol. The van der Waals surface area contributed by atoms with E-state index in [0.29, 0.717) is 5.65 Å². The Morgan fingerprint density at radius 2 is 1.79 bits per heavy atom. The molecule has 0 bridgehead atoms. The Bertz CT molecular complexity index is 704. The summed E-state index contributed by atoms with van der Waals surface area (Å²) < 4.78 is 6.45. The summed E-state index contributed by atoms with van der Waals surface area (Å²) in [6, 6.07) is 12.3. The number of oxazole rings is 1. The highest BCUT2D eigenvalue weighted by atomic mass is 79.9. The van der Waals surface area contributed by atoms with Crippen LogP contribution in [0.5, 0.6) is 0 Å². The van der Waals surface area contributed by atoms with Crippen LogP contribution in [0.3, 0.4) is 0 Å². The third-order valence-electron chi connectivity index (χ3n) is 3.01. The summed E-state index contributed by atoms with van der Waals surface area (Å²) in [4.78, 5) is 8.67. The molecule has 3 nitrogen and oxygen atoms in total. The molecule has 0 aliphatic carbocycles. The van der Waals surface area contributed by atoms with E-state index in [1.807, 2.05) is 12.1 Å². The number of fused-ring (bicyclic) bond motifs is 1. The summed E-state index contributed by atoms with van der Waals surface area (Å²) in [5.41, 5.74) is 3.97. The van der Waals surface area contributed by atoms with Gasteiger partial charge in [0.2, 0.25) is 0 Å². The van der Waals surface area contributed by atoms with E-state index in [0.717, 1.165) is 28.9 Å². The van der Waals surface area contributed by atoms with Gasteiger partial charge in [0.1, 0.15) is 4.60 Å². The lowest BCUT2D eigenvalue weighted by Gasteiger charge is -1.99. The van der Waals surface area contributed by atoms with Crippen LogP contribution in [0.15, 0.2) is 45.4 Å². The number of rotatable bonds is 3. The molecule has 0 aliphatic heterocycles. The van der Waals surface area contributed by atoms with Crippen molar-refractivity contribution < 1.29 is 4.42 Å². The van der Waals surface area contributed by atoms with E-state index in [2.05, 4.69) is 57.1 Å². The minimum atomic E-state index is 0.660. The lowest BCUT2D eigenvalue weighted by Crippen LogP contribution is -1.91. The molecule has 3 rings (SSSR count). The number of aryl methyl sites for hydroxylation is 3. The first kappa shape index (κ1) is 12.4. The maximum absolute atomic E-state index is 5.67. The number of pyridine rings is 1. The molecule has 2 aromatic heterocycles. The SMILES string of the molecule is Cc1ccc(CCc2nc3nc(Br)ccc3o2)cc1. The molecule has 0 N–H and O–H groups in total. The van der Waals surface area contributed by atoms with Gasteiger partial charge in [0.15, 0.2) is 17.1 Å². The Morgan fingerprint density at radius 1 is 1.00 bits per heavy atom. The second-order valence-corrected chi connectivity index (χ2v) is 5.36. The second kappa shape index (κ2) is 5.13. The molecule has 0 saturated carbocycles. The van der Waals surface area contributed by atoms with Crippen LogP contribution in [-0.4, -0.2) is 9.97 Å². The molecule has 1 aromatic carbocycles. The topological polar surface area (TPSA) is 38.9 Å². The van der Waals surface area contributed by atoms with E-state index in [1.54, 1.807) is 0 Å². The standard InChI is InChI=1S/C15H13BrN2O/c1-10-2-4-11(5-3-10)6-9-14-18-15-12(19-14)7-8-13(16)17-15/h2-5,7-8H,6,9H2,1H3. The van der Waals surface area contributed by atoms with Gasteiger partial charge in [-0.3, -0.25) is 0 Å². The number of hydrogen-bond acceptors (Lipinski definition) is 3. The average molecular weight is 317 g/mol. The fourth-order valence-electron chi connectivity index (χ4n) is 1.95. The average Bonchev–Trinajstić information content (AvgIpc) is 2.80. The summed E-state index contributed by atoms with van der Waals surface area (Å²) in [7, 11) is 0. The van der Waals surface area contributed by atoms with Gasteiger partial charge in [-0.15, -0.1) is 0 Å². The van der Waals surface area contributed by atoms with Crippen molar-refractivity contribution in [1.82, 2.24) is 9.97 Å². The van der Waals surface area contributed by atoms with E-state index in [-0.39, 0.29) is 0 Å². The summed E-state index contributed by atoms with van der Waals surface area (Å²) >= 11 is 3.33. The van der Waals surface area contributed by atoms with E-state index in [4.69, 9.17) is 4.42 Å². The number of halogens is 1. The van der Waals surface area contributed by atoms with Gasteiger partial charge in [0.25, 0.3) is 0 Å². The smallest absolute Gasteiger partial charge is 0.199 e. The quantitative estimate of drug-likeness (QED) is 0.683. The zero-order valence-electron chi connectivity index (χ0n) is 10.6. The summed E-state index contributed by atoms with van der Waals surface area (Å²) in [6.45, 7) is 2.09. The maximum Gasteiger partial charge on any atom is 0.199 e. The van der Waals surface area contributed by atoms with Crippen LogP contribution < -0.4 is 0 Å². The largest absolute Gasteiger partial charge is 0.439 e. The Kier molecular flexibility index (Phi) is 3.34. The molecule has 0 fully saturated rings. The van der Waals surface area contributed by atoms with Crippen LogP contribution in [0.1, 0.15) is 17.0 Å². The fourth-order valence-corrected chi connectivity index (χ4v) is 2.25. The van der Waals surface area contributed by atoms with Gasteiger partial charge in [-0.25, -0.2) is 4.98 Å². The van der Waals surface area contributed by atoms with E-state index in [9.17, 15) is 0 Å². The van der Waals surface area contributed by atoms with Gasteiger partial charge in [0.05, 0.1) is 0 Å². The molecular formula is C15H13BrN2O. The molecule has 0 radical (unpaired) electrons. The zero-order valence-corrected chi connectivity index (χ0v) is 12.1. The number of nitrogens with zero attached hydrogens (tertiary/aromatic N) is 2.